The van der Waals surface area contributed by atoms with E-state index in [0.29, 0.717) is 18.7 Å². The van der Waals surface area contributed by atoms with Crippen LogP contribution in [0.2, 0.25) is 0 Å². The quantitative estimate of drug-likeness (QED) is 0.811. The minimum atomic E-state index is -0.824. The zero-order chi connectivity index (χ0) is 20.1. The van der Waals surface area contributed by atoms with Gasteiger partial charge >= 0.3 is 0 Å². The van der Waals surface area contributed by atoms with Crippen molar-refractivity contribution in [3.05, 3.63) is 64.7 Å². The number of aryl methyl sites for hydroxylation is 1. The van der Waals surface area contributed by atoms with Crippen molar-refractivity contribution in [3.8, 4) is 5.75 Å². The molecule has 6 heteroatoms. The van der Waals surface area contributed by atoms with Gasteiger partial charge in [0.15, 0.2) is 11.6 Å². The van der Waals surface area contributed by atoms with E-state index in [4.69, 9.17) is 4.74 Å². The van der Waals surface area contributed by atoms with Crippen LogP contribution in [0.4, 0.5) is 8.78 Å². The molecule has 150 valence electrons. The minimum Gasteiger partial charge on any atom is -0.494 e. The molecule has 1 saturated heterocycles. The summed E-state index contributed by atoms with van der Waals surface area (Å²) in [6.07, 6.45) is 1.65. The minimum absolute atomic E-state index is 0.0785. The van der Waals surface area contributed by atoms with Crippen LogP contribution in [0.5, 0.6) is 5.75 Å². The van der Waals surface area contributed by atoms with Crippen LogP contribution in [-0.4, -0.2) is 36.5 Å². The highest BCUT2D eigenvalue weighted by Gasteiger charge is 2.21. The van der Waals surface area contributed by atoms with Gasteiger partial charge in [0.05, 0.1) is 6.61 Å². The number of carbonyl (C=O) groups is 1. The fraction of sp³-hybridized carbons (Fsp3) is 0.409. The highest BCUT2D eigenvalue weighted by Crippen LogP contribution is 2.20. The molecule has 4 nitrogen and oxygen atoms in total. The third kappa shape index (κ3) is 5.07. The zero-order valence-corrected chi connectivity index (χ0v) is 16.3. The molecule has 0 unspecified atom stereocenters. The number of ether oxygens (including phenoxy) is 1. The van der Waals surface area contributed by atoms with Crippen molar-refractivity contribution in [3.63, 3.8) is 0 Å². The molecule has 0 bridgehead atoms. The number of halogens is 2. The van der Waals surface area contributed by atoms with E-state index >= 15 is 0 Å². The Labute approximate surface area is 164 Å². The molecule has 0 aliphatic carbocycles. The molecule has 0 radical (unpaired) electrons. The Balaban J connectivity index is 1.50. The molecule has 1 amide bonds. The molecular formula is C22H26F2N2O2. The summed E-state index contributed by atoms with van der Waals surface area (Å²) in [5.41, 5.74) is 2.33. The SMILES string of the molecule is CCOc1ccc(C(=O)NC2CCN(Cc3ccc(F)c(F)c3)CC2)cc1C. The monoisotopic (exact) mass is 388 g/mol. The second-order valence-corrected chi connectivity index (χ2v) is 7.19. The molecule has 0 atom stereocenters. The van der Waals surface area contributed by atoms with Crippen LogP contribution in [0, 0.1) is 18.6 Å². The molecular weight excluding hydrogens is 362 g/mol. The number of amides is 1. The first-order chi connectivity index (χ1) is 13.5. The fourth-order valence-corrected chi connectivity index (χ4v) is 3.51. The summed E-state index contributed by atoms with van der Waals surface area (Å²) in [6, 6.07) is 9.59. The number of hydrogen-bond donors (Lipinski definition) is 1. The van der Waals surface area contributed by atoms with Crippen LogP contribution in [0.3, 0.4) is 0 Å². The van der Waals surface area contributed by atoms with Crippen LogP contribution in [-0.2, 0) is 6.54 Å². The second kappa shape index (κ2) is 9.15. The molecule has 2 aromatic rings. The van der Waals surface area contributed by atoms with Gasteiger partial charge in [0, 0.05) is 31.2 Å². The van der Waals surface area contributed by atoms with Gasteiger partial charge in [-0.05, 0) is 68.1 Å². The number of nitrogens with zero attached hydrogens (tertiary/aromatic N) is 1. The number of benzene rings is 2. The van der Waals surface area contributed by atoms with Gasteiger partial charge in [0.25, 0.3) is 5.91 Å². The highest BCUT2D eigenvalue weighted by atomic mass is 19.2. The average Bonchev–Trinajstić information content (AvgIpc) is 2.68. The summed E-state index contributed by atoms with van der Waals surface area (Å²) < 4.78 is 31.9. The molecule has 28 heavy (non-hydrogen) atoms. The van der Waals surface area contributed by atoms with Gasteiger partial charge < -0.3 is 10.1 Å². The van der Waals surface area contributed by atoms with Crippen LogP contribution in [0.15, 0.2) is 36.4 Å². The van der Waals surface area contributed by atoms with Crippen molar-refractivity contribution in [1.82, 2.24) is 10.2 Å². The second-order valence-electron chi connectivity index (χ2n) is 7.19. The van der Waals surface area contributed by atoms with Gasteiger partial charge in [-0.25, -0.2) is 8.78 Å². The van der Waals surface area contributed by atoms with Gasteiger partial charge in [-0.2, -0.15) is 0 Å². The Bertz CT molecular complexity index is 833. The molecule has 3 rings (SSSR count). The van der Waals surface area contributed by atoms with Crippen molar-refractivity contribution in [1.29, 1.82) is 0 Å². The van der Waals surface area contributed by atoms with Crippen LogP contribution in [0.1, 0.15) is 41.3 Å². The lowest BCUT2D eigenvalue weighted by atomic mass is 10.0. The largest absolute Gasteiger partial charge is 0.494 e. The summed E-state index contributed by atoms with van der Waals surface area (Å²) in [6.45, 7) is 6.63. The first-order valence-electron chi connectivity index (χ1n) is 9.67. The Morgan fingerprint density at radius 1 is 1.14 bits per heavy atom. The van der Waals surface area contributed by atoms with Crippen molar-refractivity contribution in [2.45, 2.75) is 39.3 Å². The molecule has 0 spiro atoms. The van der Waals surface area contributed by atoms with Crippen molar-refractivity contribution < 1.29 is 18.3 Å². The van der Waals surface area contributed by atoms with E-state index in [2.05, 4.69) is 10.2 Å². The maximum absolute atomic E-state index is 13.3. The Hall–Kier alpha value is -2.47. The molecule has 1 aliphatic heterocycles. The molecule has 0 aromatic heterocycles. The Morgan fingerprint density at radius 2 is 1.89 bits per heavy atom. The van der Waals surface area contributed by atoms with Crippen LogP contribution < -0.4 is 10.1 Å². The predicted octanol–water partition coefficient (Wildman–Crippen LogP) is 4.07. The van der Waals surface area contributed by atoms with E-state index in [1.54, 1.807) is 12.1 Å². The molecule has 1 N–H and O–H groups in total. The number of rotatable bonds is 6. The third-order valence-electron chi connectivity index (χ3n) is 5.05. The standard InChI is InChI=1S/C22H26F2N2O2/c1-3-28-21-7-5-17(12-15(21)2)22(27)25-18-8-10-26(11-9-18)14-16-4-6-19(23)20(24)13-16/h4-7,12-13,18H,3,8-11,14H2,1-2H3,(H,25,27). The van der Waals surface area contributed by atoms with E-state index in [9.17, 15) is 13.6 Å². The van der Waals surface area contributed by atoms with Gasteiger partial charge in [0.1, 0.15) is 5.75 Å². The van der Waals surface area contributed by atoms with Crippen molar-refractivity contribution in [2.75, 3.05) is 19.7 Å². The summed E-state index contributed by atoms with van der Waals surface area (Å²) in [7, 11) is 0. The summed E-state index contributed by atoms with van der Waals surface area (Å²) in [5, 5.41) is 3.10. The molecule has 1 aliphatic rings. The molecule has 1 heterocycles. The first kappa shape index (κ1) is 20.3. The number of carbonyl (C=O) groups excluding carboxylic acids is 1. The summed E-state index contributed by atoms with van der Waals surface area (Å²) >= 11 is 0. The first-order valence-corrected chi connectivity index (χ1v) is 9.67. The predicted molar refractivity (Wildman–Crippen MR) is 104 cm³/mol. The number of piperidine rings is 1. The van der Waals surface area contributed by atoms with Gasteiger partial charge in [-0.1, -0.05) is 6.07 Å². The fourth-order valence-electron chi connectivity index (χ4n) is 3.51. The average molecular weight is 388 g/mol. The molecule has 2 aromatic carbocycles. The van der Waals surface area contributed by atoms with E-state index < -0.39 is 11.6 Å². The van der Waals surface area contributed by atoms with E-state index in [1.165, 1.54) is 6.07 Å². The number of likely N-dealkylation sites (tertiary alicyclic amines) is 1. The van der Waals surface area contributed by atoms with Gasteiger partial charge in [-0.3, -0.25) is 9.69 Å². The topological polar surface area (TPSA) is 41.6 Å². The van der Waals surface area contributed by atoms with Gasteiger partial charge in [0.2, 0.25) is 0 Å². The smallest absolute Gasteiger partial charge is 0.251 e. The maximum atomic E-state index is 13.3. The molecule has 1 fully saturated rings. The Kier molecular flexibility index (Phi) is 6.62. The summed E-state index contributed by atoms with van der Waals surface area (Å²) in [4.78, 5) is 14.7. The van der Waals surface area contributed by atoms with Crippen molar-refractivity contribution >= 4 is 5.91 Å². The lowest BCUT2D eigenvalue weighted by Crippen LogP contribution is -2.44. The van der Waals surface area contributed by atoms with Crippen LogP contribution in [0.25, 0.3) is 0 Å². The maximum Gasteiger partial charge on any atom is 0.251 e. The van der Waals surface area contributed by atoms with Crippen LogP contribution >= 0.6 is 0 Å². The highest BCUT2D eigenvalue weighted by molar-refractivity contribution is 5.94. The summed E-state index contributed by atoms with van der Waals surface area (Å²) in [5.74, 6) is -0.921. The zero-order valence-electron chi connectivity index (χ0n) is 16.3. The van der Waals surface area contributed by atoms with E-state index in [-0.39, 0.29) is 11.9 Å². The van der Waals surface area contributed by atoms with E-state index in [1.807, 2.05) is 26.0 Å². The lowest BCUT2D eigenvalue weighted by molar-refractivity contribution is 0.0908. The Morgan fingerprint density at radius 3 is 2.54 bits per heavy atom. The normalized spacial score (nSPS) is 15.4. The van der Waals surface area contributed by atoms with Gasteiger partial charge in [-0.15, -0.1) is 0 Å². The lowest BCUT2D eigenvalue weighted by Gasteiger charge is -2.32. The number of nitrogens with one attached hydrogen (secondary N) is 1. The van der Waals surface area contributed by atoms with E-state index in [0.717, 1.165) is 48.9 Å². The number of hydrogen-bond acceptors (Lipinski definition) is 3. The molecule has 0 saturated carbocycles. The third-order valence-corrected chi connectivity index (χ3v) is 5.05. The van der Waals surface area contributed by atoms with Crippen molar-refractivity contribution in [2.24, 2.45) is 0 Å².